The molecule has 0 spiro atoms. The molecule has 36 heavy (non-hydrogen) atoms. The summed E-state index contributed by atoms with van der Waals surface area (Å²) in [5.74, 6) is -0.957. The summed E-state index contributed by atoms with van der Waals surface area (Å²) in [6.07, 6.45) is 0.568. The van der Waals surface area contributed by atoms with E-state index in [0.717, 1.165) is 33.5 Å². The van der Waals surface area contributed by atoms with Gasteiger partial charge in [0.2, 0.25) is 5.91 Å². The van der Waals surface area contributed by atoms with Crippen molar-refractivity contribution in [3.8, 4) is 0 Å². The van der Waals surface area contributed by atoms with E-state index in [1.54, 1.807) is 31.2 Å². The van der Waals surface area contributed by atoms with Crippen molar-refractivity contribution in [2.75, 3.05) is 0 Å². The molecular weight excluding hydrogens is 458 g/mol. The number of carbonyl (C=O) groups excluding carboxylic acids is 2. The standard InChI is InChI=1S/C26H25N7O3/c1-4-32-26(36)19-10-6-5-9-18(19)23(31-32)25(35)29-28-22(34)14-13-17-15(2)27-24-20-11-7-8-12-21(20)30-33(24)16(17)3/h5-12H,4,13-14H2,1-3H3,(H,28,34)(H,29,35). The van der Waals surface area contributed by atoms with E-state index in [4.69, 9.17) is 4.98 Å². The summed E-state index contributed by atoms with van der Waals surface area (Å²) in [6, 6.07) is 14.6. The van der Waals surface area contributed by atoms with Crippen molar-refractivity contribution in [1.29, 1.82) is 0 Å². The van der Waals surface area contributed by atoms with Crippen molar-refractivity contribution in [2.24, 2.45) is 0 Å². The van der Waals surface area contributed by atoms with Crippen LogP contribution in [0.25, 0.3) is 27.3 Å². The van der Waals surface area contributed by atoms with E-state index in [2.05, 4.69) is 21.0 Å². The molecule has 0 saturated heterocycles. The molecule has 2 amide bonds. The topological polar surface area (TPSA) is 123 Å². The van der Waals surface area contributed by atoms with Gasteiger partial charge in [-0.2, -0.15) is 10.2 Å². The number of aromatic nitrogens is 5. The van der Waals surface area contributed by atoms with Crippen LogP contribution in [0.15, 0.2) is 53.3 Å². The summed E-state index contributed by atoms with van der Waals surface area (Å²) in [4.78, 5) is 42.6. The predicted octanol–water partition coefficient (Wildman–Crippen LogP) is 2.62. The van der Waals surface area contributed by atoms with Crippen LogP contribution in [0.5, 0.6) is 0 Å². The lowest BCUT2D eigenvalue weighted by atomic mass is 10.1. The molecule has 0 unspecified atom stereocenters. The van der Waals surface area contributed by atoms with Crippen LogP contribution in [0.3, 0.4) is 0 Å². The number of benzene rings is 2. The summed E-state index contributed by atoms with van der Waals surface area (Å²) in [5.41, 5.74) is 9.01. The molecule has 0 bridgehead atoms. The van der Waals surface area contributed by atoms with Gasteiger partial charge < -0.3 is 0 Å². The zero-order valence-electron chi connectivity index (χ0n) is 20.2. The van der Waals surface area contributed by atoms with E-state index in [0.29, 0.717) is 23.7 Å². The van der Waals surface area contributed by atoms with Crippen molar-refractivity contribution in [3.63, 3.8) is 0 Å². The number of carbonyl (C=O) groups is 2. The lowest BCUT2D eigenvalue weighted by Crippen LogP contribution is -2.43. The van der Waals surface area contributed by atoms with Gasteiger partial charge in [0, 0.05) is 35.1 Å². The van der Waals surface area contributed by atoms with Crippen molar-refractivity contribution in [3.05, 3.63) is 81.5 Å². The summed E-state index contributed by atoms with van der Waals surface area (Å²) in [7, 11) is 0. The number of aryl methyl sites for hydroxylation is 3. The highest BCUT2D eigenvalue weighted by Crippen LogP contribution is 2.23. The minimum atomic E-state index is -0.597. The Hall–Kier alpha value is -4.60. The molecule has 5 aromatic rings. The fourth-order valence-corrected chi connectivity index (χ4v) is 4.44. The molecule has 5 rings (SSSR count). The van der Waals surface area contributed by atoms with Gasteiger partial charge in [-0.3, -0.25) is 25.2 Å². The monoisotopic (exact) mass is 483 g/mol. The summed E-state index contributed by atoms with van der Waals surface area (Å²) in [5, 5.41) is 10.6. The summed E-state index contributed by atoms with van der Waals surface area (Å²) < 4.78 is 3.04. The molecule has 2 aromatic carbocycles. The second kappa shape index (κ2) is 9.21. The number of hydrogen-bond donors (Lipinski definition) is 2. The summed E-state index contributed by atoms with van der Waals surface area (Å²) >= 11 is 0. The zero-order chi connectivity index (χ0) is 25.4. The van der Waals surface area contributed by atoms with Crippen LogP contribution in [0.2, 0.25) is 0 Å². The largest absolute Gasteiger partial charge is 0.290 e. The quantitative estimate of drug-likeness (QED) is 0.371. The third-order valence-electron chi connectivity index (χ3n) is 6.32. The van der Waals surface area contributed by atoms with E-state index in [-0.39, 0.29) is 23.6 Å². The molecule has 10 heteroatoms. The van der Waals surface area contributed by atoms with E-state index in [1.165, 1.54) is 4.68 Å². The molecule has 0 radical (unpaired) electrons. The number of rotatable bonds is 5. The Kier molecular flexibility index (Phi) is 5.93. The zero-order valence-corrected chi connectivity index (χ0v) is 20.2. The van der Waals surface area contributed by atoms with Gasteiger partial charge in [-0.05, 0) is 51.0 Å². The minimum absolute atomic E-state index is 0.0689. The van der Waals surface area contributed by atoms with Crippen molar-refractivity contribution in [1.82, 2.24) is 35.2 Å². The summed E-state index contributed by atoms with van der Waals surface area (Å²) in [6.45, 7) is 5.97. The van der Waals surface area contributed by atoms with Crippen LogP contribution >= 0.6 is 0 Å². The average Bonchev–Trinajstić information content (AvgIpc) is 3.26. The van der Waals surface area contributed by atoms with Crippen molar-refractivity contribution < 1.29 is 9.59 Å². The molecule has 0 aliphatic carbocycles. The van der Waals surface area contributed by atoms with Gasteiger partial charge in [0.1, 0.15) is 0 Å². The van der Waals surface area contributed by atoms with Gasteiger partial charge in [0.05, 0.1) is 10.9 Å². The second-order valence-electron chi connectivity index (χ2n) is 8.53. The van der Waals surface area contributed by atoms with Gasteiger partial charge in [-0.1, -0.05) is 30.3 Å². The van der Waals surface area contributed by atoms with Gasteiger partial charge >= 0.3 is 0 Å². The Morgan fingerprint density at radius 1 is 0.917 bits per heavy atom. The number of fused-ring (bicyclic) bond motifs is 4. The van der Waals surface area contributed by atoms with E-state index < -0.39 is 5.91 Å². The number of nitrogens with one attached hydrogen (secondary N) is 2. The number of nitrogens with zero attached hydrogens (tertiary/aromatic N) is 5. The predicted molar refractivity (Wildman–Crippen MR) is 136 cm³/mol. The lowest BCUT2D eigenvalue weighted by Gasteiger charge is -2.12. The lowest BCUT2D eigenvalue weighted by molar-refractivity contribution is -0.121. The van der Waals surface area contributed by atoms with Crippen LogP contribution in [-0.4, -0.2) is 36.2 Å². The molecule has 0 fully saturated rings. The highest BCUT2D eigenvalue weighted by Gasteiger charge is 2.18. The first kappa shape index (κ1) is 23.2. The number of amides is 2. The Morgan fingerprint density at radius 3 is 2.36 bits per heavy atom. The normalized spacial score (nSPS) is 11.3. The van der Waals surface area contributed by atoms with Crippen LogP contribution < -0.4 is 16.4 Å². The SMILES string of the molecule is CCn1nc(C(=O)NNC(=O)CCc2c(C)nc3c4ccccc4nn3c2C)c2ccccc2c1=O. The fraction of sp³-hybridized carbons (Fsp3) is 0.231. The maximum absolute atomic E-state index is 12.8. The molecule has 3 heterocycles. The molecular formula is C26H25N7O3. The fourth-order valence-electron chi connectivity index (χ4n) is 4.44. The first-order valence-corrected chi connectivity index (χ1v) is 11.7. The van der Waals surface area contributed by atoms with Gasteiger partial charge in [-0.15, -0.1) is 0 Å². The molecule has 3 aromatic heterocycles. The maximum atomic E-state index is 12.8. The minimum Gasteiger partial charge on any atom is -0.273 e. The van der Waals surface area contributed by atoms with Crippen LogP contribution in [-0.2, 0) is 17.8 Å². The Balaban J connectivity index is 1.31. The van der Waals surface area contributed by atoms with E-state index >= 15 is 0 Å². The third kappa shape index (κ3) is 3.96. The average molecular weight is 484 g/mol. The van der Waals surface area contributed by atoms with E-state index in [1.807, 2.05) is 42.6 Å². The Bertz CT molecular complexity index is 1720. The van der Waals surface area contributed by atoms with Gasteiger partial charge in [0.15, 0.2) is 11.3 Å². The molecule has 0 aliphatic rings. The maximum Gasteiger partial charge on any atom is 0.290 e. The number of hydrazine groups is 1. The van der Waals surface area contributed by atoms with Crippen LogP contribution in [0.4, 0.5) is 0 Å². The van der Waals surface area contributed by atoms with Crippen LogP contribution in [0, 0.1) is 13.8 Å². The Morgan fingerprint density at radius 2 is 1.61 bits per heavy atom. The van der Waals surface area contributed by atoms with Gasteiger partial charge in [-0.25, -0.2) is 14.2 Å². The molecule has 0 saturated carbocycles. The molecule has 10 nitrogen and oxygen atoms in total. The smallest absolute Gasteiger partial charge is 0.273 e. The molecule has 2 N–H and O–H groups in total. The third-order valence-corrected chi connectivity index (χ3v) is 6.32. The highest BCUT2D eigenvalue weighted by molar-refractivity contribution is 6.05. The molecule has 0 aliphatic heterocycles. The Labute approximate surface area is 205 Å². The van der Waals surface area contributed by atoms with Crippen molar-refractivity contribution in [2.45, 2.75) is 40.2 Å². The first-order chi connectivity index (χ1) is 17.4. The van der Waals surface area contributed by atoms with E-state index in [9.17, 15) is 14.4 Å². The van der Waals surface area contributed by atoms with Crippen molar-refractivity contribution >= 4 is 39.1 Å². The second-order valence-corrected chi connectivity index (χ2v) is 8.53. The van der Waals surface area contributed by atoms with Gasteiger partial charge in [0.25, 0.3) is 11.5 Å². The highest BCUT2D eigenvalue weighted by atomic mass is 16.2. The first-order valence-electron chi connectivity index (χ1n) is 11.7. The molecule has 0 atom stereocenters. The number of hydrogen-bond acceptors (Lipinski definition) is 6. The molecule has 182 valence electrons. The van der Waals surface area contributed by atoms with Crippen LogP contribution in [0.1, 0.15) is 40.8 Å².